The number of benzene rings is 1. The van der Waals surface area contributed by atoms with E-state index >= 15 is 0 Å². The van der Waals surface area contributed by atoms with Crippen molar-refractivity contribution in [2.75, 3.05) is 6.54 Å². The van der Waals surface area contributed by atoms with Crippen LogP contribution in [0.2, 0.25) is 0 Å². The second kappa shape index (κ2) is 6.71. The highest BCUT2D eigenvalue weighted by molar-refractivity contribution is 9.10. The summed E-state index contributed by atoms with van der Waals surface area (Å²) >= 11 is 6.97. The van der Waals surface area contributed by atoms with Gasteiger partial charge in [-0.15, -0.1) is 0 Å². The largest absolute Gasteiger partial charge is 0.351 e. The molecule has 1 unspecified atom stereocenters. The first-order valence-electron chi connectivity index (χ1n) is 5.96. The molecule has 1 rings (SSSR count). The number of halogens is 2. The van der Waals surface area contributed by atoms with Gasteiger partial charge in [0.1, 0.15) is 0 Å². The summed E-state index contributed by atoms with van der Waals surface area (Å²) in [6.45, 7) is 7.22. The molecule has 1 aromatic carbocycles. The molecule has 0 heterocycles. The molecule has 0 saturated heterocycles. The van der Waals surface area contributed by atoms with Crippen LogP contribution in [-0.4, -0.2) is 17.3 Å². The molecule has 0 radical (unpaired) electrons. The lowest BCUT2D eigenvalue weighted by molar-refractivity contribution is 0.0952. The van der Waals surface area contributed by atoms with E-state index in [0.717, 1.165) is 10.9 Å². The predicted octanol–water partition coefficient (Wildman–Crippen LogP) is 4.38. The summed E-state index contributed by atoms with van der Waals surface area (Å²) in [5.74, 6) is -0.0327. The van der Waals surface area contributed by atoms with Crippen molar-refractivity contribution in [2.24, 2.45) is 5.41 Å². The van der Waals surface area contributed by atoms with Gasteiger partial charge in [-0.2, -0.15) is 0 Å². The smallest absolute Gasteiger partial charge is 0.251 e. The molecule has 1 N–H and O–H groups in total. The van der Waals surface area contributed by atoms with Gasteiger partial charge in [0.15, 0.2) is 0 Å². The summed E-state index contributed by atoms with van der Waals surface area (Å²) in [6.07, 6.45) is 1.02. The lowest BCUT2D eigenvalue weighted by atomic mass is 9.90. The zero-order chi connectivity index (χ0) is 13.8. The fourth-order valence-corrected chi connectivity index (χ4v) is 3.20. The summed E-state index contributed by atoms with van der Waals surface area (Å²) in [7, 11) is 0. The lowest BCUT2D eigenvalue weighted by Gasteiger charge is -2.22. The zero-order valence-corrected chi connectivity index (χ0v) is 14.1. The van der Waals surface area contributed by atoms with Crippen molar-refractivity contribution in [1.29, 1.82) is 0 Å². The Bertz CT molecular complexity index is 413. The van der Waals surface area contributed by atoms with Crippen molar-refractivity contribution in [1.82, 2.24) is 5.32 Å². The van der Waals surface area contributed by atoms with E-state index < -0.39 is 0 Å². The average molecular weight is 377 g/mol. The van der Waals surface area contributed by atoms with Crippen LogP contribution in [0.25, 0.3) is 0 Å². The van der Waals surface area contributed by atoms with E-state index in [1.807, 2.05) is 24.3 Å². The van der Waals surface area contributed by atoms with Crippen LogP contribution < -0.4 is 5.32 Å². The van der Waals surface area contributed by atoms with Crippen molar-refractivity contribution in [3.05, 3.63) is 34.3 Å². The minimum absolute atomic E-state index is 0.0327. The minimum atomic E-state index is -0.0327. The van der Waals surface area contributed by atoms with Crippen LogP contribution in [0.15, 0.2) is 28.7 Å². The van der Waals surface area contributed by atoms with Crippen LogP contribution in [0, 0.1) is 5.41 Å². The van der Waals surface area contributed by atoms with Crippen molar-refractivity contribution < 1.29 is 4.79 Å². The maximum absolute atomic E-state index is 11.9. The molecule has 0 aliphatic heterocycles. The number of carbonyl (C=O) groups excluding carboxylic acids is 1. The van der Waals surface area contributed by atoms with E-state index in [0.29, 0.717) is 16.9 Å². The van der Waals surface area contributed by atoms with E-state index in [2.05, 4.69) is 57.9 Å². The number of carbonyl (C=O) groups is 1. The van der Waals surface area contributed by atoms with Crippen molar-refractivity contribution >= 4 is 37.8 Å². The van der Waals surface area contributed by atoms with Gasteiger partial charge in [0, 0.05) is 21.4 Å². The third-order valence-electron chi connectivity index (χ3n) is 2.40. The van der Waals surface area contributed by atoms with Gasteiger partial charge in [-0.05, 0) is 30.0 Å². The molecule has 2 nitrogen and oxygen atoms in total. The average Bonchev–Trinajstić information content (AvgIpc) is 2.23. The van der Waals surface area contributed by atoms with Gasteiger partial charge in [-0.1, -0.05) is 58.7 Å². The molecule has 18 heavy (non-hydrogen) atoms. The van der Waals surface area contributed by atoms with Crippen LogP contribution in [0.3, 0.4) is 0 Å². The normalized spacial score (nSPS) is 13.2. The molecule has 0 spiro atoms. The molecule has 0 aromatic heterocycles. The second-order valence-electron chi connectivity index (χ2n) is 5.58. The zero-order valence-electron chi connectivity index (χ0n) is 11.0. The molecule has 0 aliphatic rings. The molecule has 100 valence electrons. The number of rotatable bonds is 4. The van der Waals surface area contributed by atoms with Gasteiger partial charge in [0.05, 0.1) is 0 Å². The van der Waals surface area contributed by atoms with Gasteiger partial charge >= 0.3 is 0 Å². The summed E-state index contributed by atoms with van der Waals surface area (Å²) in [6, 6.07) is 7.40. The Morgan fingerprint density at radius 3 is 2.61 bits per heavy atom. The summed E-state index contributed by atoms with van der Waals surface area (Å²) in [4.78, 5) is 12.2. The quantitative estimate of drug-likeness (QED) is 0.776. The number of alkyl halides is 1. The number of hydrogen-bond donors (Lipinski definition) is 1. The van der Waals surface area contributed by atoms with Crippen LogP contribution in [-0.2, 0) is 0 Å². The highest BCUT2D eigenvalue weighted by atomic mass is 79.9. The number of amides is 1. The fourth-order valence-electron chi connectivity index (χ4n) is 1.67. The number of hydrogen-bond acceptors (Lipinski definition) is 1. The Labute approximate surface area is 126 Å². The Hall–Kier alpha value is -0.350. The third-order valence-corrected chi connectivity index (χ3v) is 3.55. The fraction of sp³-hybridized carbons (Fsp3) is 0.500. The van der Waals surface area contributed by atoms with E-state index in [1.165, 1.54) is 0 Å². The topological polar surface area (TPSA) is 29.1 Å². The maximum atomic E-state index is 11.9. The van der Waals surface area contributed by atoms with Crippen molar-refractivity contribution in [2.45, 2.75) is 32.0 Å². The first-order valence-corrected chi connectivity index (χ1v) is 7.66. The van der Waals surface area contributed by atoms with Gasteiger partial charge in [-0.3, -0.25) is 4.79 Å². The molecular formula is C14H19Br2NO. The minimum Gasteiger partial charge on any atom is -0.351 e. The Morgan fingerprint density at radius 1 is 1.39 bits per heavy atom. The second-order valence-corrected chi connectivity index (χ2v) is 7.79. The first kappa shape index (κ1) is 15.7. The molecule has 1 atom stereocenters. The van der Waals surface area contributed by atoms with E-state index in [1.54, 1.807) is 0 Å². The van der Waals surface area contributed by atoms with Crippen molar-refractivity contribution in [3.63, 3.8) is 0 Å². The standard InChI is InChI=1S/C14H19Br2NO/c1-14(2,3)8-12(16)9-17-13(18)10-5-4-6-11(15)7-10/h4-7,12H,8-9H2,1-3H3,(H,17,18). The monoisotopic (exact) mass is 375 g/mol. The first-order chi connectivity index (χ1) is 8.28. The molecule has 0 aliphatic carbocycles. The summed E-state index contributed by atoms with van der Waals surface area (Å²) < 4.78 is 0.917. The van der Waals surface area contributed by atoms with Gasteiger partial charge in [-0.25, -0.2) is 0 Å². The molecular weight excluding hydrogens is 358 g/mol. The van der Waals surface area contributed by atoms with E-state index in [4.69, 9.17) is 0 Å². The molecule has 0 bridgehead atoms. The number of nitrogens with one attached hydrogen (secondary N) is 1. The van der Waals surface area contributed by atoms with Crippen molar-refractivity contribution in [3.8, 4) is 0 Å². The Kier molecular flexibility index (Phi) is 5.86. The SMILES string of the molecule is CC(C)(C)CC(Br)CNC(=O)c1cccc(Br)c1. The Balaban J connectivity index is 2.47. The summed E-state index contributed by atoms with van der Waals surface area (Å²) in [5.41, 5.74) is 0.939. The molecule has 1 amide bonds. The van der Waals surface area contributed by atoms with Crippen LogP contribution in [0.5, 0.6) is 0 Å². The Morgan fingerprint density at radius 2 is 2.06 bits per heavy atom. The van der Waals surface area contributed by atoms with E-state index in [-0.39, 0.29) is 11.3 Å². The summed E-state index contributed by atoms with van der Waals surface area (Å²) in [5, 5.41) is 2.94. The highest BCUT2D eigenvalue weighted by Gasteiger charge is 2.17. The van der Waals surface area contributed by atoms with Crippen LogP contribution in [0.4, 0.5) is 0 Å². The third kappa shape index (κ3) is 6.01. The predicted molar refractivity (Wildman–Crippen MR) is 83.3 cm³/mol. The van der Waals surface area contributed by atoms with Gasteiger partial charge in [0.25, 0.3) is 5.91 Å². The molecule has 4 heteroatoms. The molecule has 0 fully saturated rings. The van der Waals surface area contributed by atoms with E-state index in [9.17, 15) is 4.79 Å². The lowest BCUT2D eigenvalue weighted by Crippen LogP contribution is -2.31. The maximum Gasteiger partial charge on any atom is 0.251 e. The highest BCUT2D eigenvalue weighted by Crippen LogP contribution is 2.24. The van der Waals surface area contributed by atoms with Gasteiger partial charge < -0.3 is 5.32 Å². The molecule has 0 saturated carbocycles. The molecule has 1 aromatic rings. The van der Waals surface area contributed by atoms with Crippen LogP contribution >= 0.6 is 31.9 Å². The van der Waals surface area contributed by atoms with Crippen LogP contribution in [0.1, 0.15) is 37.6 Å². The van der Waals surface area contributed by atoms with Gasteiger partial charge in [0.2, 0.25) is 0 Å².